The van der Waals surface area contributed by atoms with Crippen LogP contribution >= 0.6 is 0 Å². The zero-order chi connectivity index (χ0) is 62.2. The molecule has 8 aliphatic rings. The van der Waals surface area contributed by atoms with Gasteiger partial charge in [0.25, 0.3) is 0 Å². The Bertz CT molecular complexity index is 1220. The Morgan fingerprint density at radius 2 is 0.558 bits per heavy atom. The van der Waals surface area contributed by atoms with E-state index in [0.29, 0.717) is 37.9 Å². The van der Waals surface area contributed by atoms with Gasteiger partial charge in [0.2, 0.25) is 0 Å². The predicted octanol–water partition coefficient (Wildman–Crippen LogP) is 28.5. The van der Waals surface area contributed by atoms with Gasteiger partial charge in [0.05, 0.1) is 0 Å². The van der Waals surface area contributed by atoms with E-state index in [1.54, 1.807) is 6.21 Å². The minimum Gasteiger partial charge on any atom is -0.390 e. The molecule has 3 fully saturated rings. The van der Waals surface area contributed by atoms with Crippen LogP contribution in [0.5, 0.6) is 0 Å². The molecule has 0 aromatic rings. The molecule has 0 spiro atoms. The zero-order valence-corrected chi connectivity index (χ0v) is 60.4. The largest absolute Gasteiger partial charge is 0.390 e. The lowest BCUT2D eigenvalue weighted by Gasteiger charge is -2.28. The third-order valence-corrected chi connectivity index (χ3v) is 14.2. The molecule has 0 aromatic carbocycles. The molecule has 0 saturated heterocycles. The molecule has 468 valence electrons. The van der Waals surface area contributed by atoms with Crippen LogP contribution in [0.3, 0.4) is 0 Å². The summed E-state index contributed by atoms with van der Waals surface area (Å²) in [6.45, 7) is 68.7. The highest BCUT2D eigenvalue weighted by Gasteiger charge is 2.24. The van der Waals surface area contributed by atoms with Crippen LogP contribution in [0.25, 0.3) is 0 Å². The van der Waals surface area contributed by atoms with Gasteiger partial charge in [-0.15, -0.1) is 0 Å². The number of oxime groups is 1. The maximum Gasteiger partial charge on any atom is 0.137 e. The maximum atomic E-state index is 4.91. The van der Waals surface area contributed by atoms with Crippen molar-refractivity contribution in [1.82, 2.24) is 0 Å². The second kappa shape index (κ2) is 57.7. The van der Waals surface area contributed by atoms with Crippen LogP contribution in [-0.2, 0) is 4.84 Å². The molecule has 77 heavy (non-hydrogen) atoms. The van der Waals surface area contributed by atoms with Crippen LogP contribution in [0.15, 0.2) is 53.8 Å². The lowest BCUT2D eigenvalue weighted by Crippen LogP contribution is -2.16. The molecule has 8 rings (SSSR count). The highest BCUT2D eigenvalue weighted by atomic mass is 16.7. The highest BCUT2D eigenvalue weighted by molar-refractivity contribution is 5.59. The summed E-state index contributed by atoms with van der Waals surface area (Å²) in [7, 11) is 0. The van der Waals surface area contributed by atoms with Gasteiger partial charge in [-0.1, -0.05) is 319 Å². The normalized spacial score (nSPS) is 21.6. The van der Waals surface area contributed by atoms with E-state index in [2.05, 4.69) is 151 Å². The number of rotatable bonds is 0. The first-order valence-electron chi connectivity index (χ1n) is 34.0. The average Bonchev–Trinajstić information content (AvgIpc) is 4.21. The Kier molecular flexibility index (Phi) is 68.8. The standard InChI is InChI=1S/C9H18.C8H16.2C8H14.C7H14.2C7H12.C5H9NO.8C2H6/c1-9(2)7-5-3-4-6-8-9;3*1-8(2)6-4-3-5-7-8;3*1-7(2)5-3-4-6-7;1-5(2)3-4-6-7-5;8*1-2/h3-8H2,1-2H3;3-7H2,1-2H3;4,6H,3,5,7H2,1-2H3;3-4H,5-7H2,1-2H3;3-6H2,1-2H3;3,5H,4,6H2,1-2H3;3-4H,5-6H2,1-2H3;4H,3H2,1-2H3;8*1-2H3. The molecule has 0 aromatic heterocycles. The van der Waals surface area contributed by atoms with Gasteiger partial charge in [0, 0.05) is 12.6 Å². The van der Waals surface area contributed by atoms with E-state index >= 15 is 0 Å². The van der Waals surface area contributed by atoms with Gasteiger partial charge in [0.1, 0.15) is 5.60 Å². The smallest absolute Gasteiger partial charge is 0.137 e. The van der Waals surface area contributed by atoms with Gasteiger partial charge in [-0.2, -0.15) is 0 Å². The molecule has 2 heteroatoms. The monoisotopic (exact) mass is 1090 g/mol. The summed E-state index contributed by atoms with van der Waals surface area (Å²) in [5.41, 5.74) is 4.20. The number of hydrogen-bond donors (Lipinski definition) is 0. The highest BCUT2D eigenvalue weighted by Crippen LogP contribution is 2.37. The minimum absolute atomic E-state index is 0.0278. The molecule has 0 bridgehead atoms. The molecule has 0 atom stereocenters. The van der Waals surface area contributed by atoms with Crippen molar-refractivity contribution < 1.29 is 4.84 Å². The summed E-state index contributed by atoms with van der Waals surface area (Å²) in [4.78, 5) is 4.91. The first-order valence-corrected chi connectivity index (χ1v) is 34.0. The van der Waals surface area contributed by atoms with Crippen molar-refractivity contribution in [2.75, 3.05) is 0 Å². The first kappa shape index (κ1) is 91.9. The van der Waals surface area contributed by atoms with E-state index in [0.717, 1.165) is 6.42 Å². The Balaban J connectivity index is -0.000000113. The van der Waals surface area contributed by atoms with E-state index in [1.165, 1.54) is 161 Å². The van der Waals surface area contributed by atoms with E-state index in [-0.39, 0.29) is 5.60 Å². The Labute approximate surface area is 494 Å². The minimum atomic E-state index is -0.0278. The lowest BCUT2D eigenvalue weighted by atomic mass is 9.78. The van der Waals surface area contributed by atoms with Crippen LogP contribution in [0.2, 0.25) is 0 Å². The van der Waals surface area contributed by atoms with Crippen molar-refractivity contribution in [3.8, 4) is 0 Å². The molecule has 3 saturated carbocycles. The number of hydrogen-bond acceptors (Lipinski definition) is 2. The Morgan fingerprint density at radius 3 is 0.714 bits per heavy atom. The zero-order valence-electron chi connectivity index (χ0n) is 60.4. The van der Waals surface area contributed by atoms with Gasteiger partial charge in [-0.25, -0.2) is 0 Å². The van der Waals surface area contributed by atoms with E-state index in [1.807, 2.05) is 125 Å². The third-order valence-electron chi connectivity index (χ3n) is 14.2. The summed E-state index contributed by atoms with van der Waals surface area (Å²) < 4.78 is 0. The van der Waals surface area contributed by atoms with Crippen molar-refractivity contribution in [2.45, 2.75) is 394 Å². The first-order chi connectivity index (χ1) is 36.2. The summed E-state index contributed by atoms with van der Waals surface area (Å²) >= 11 is 0. The van der Waals surface area contributed by atoms with Crippen molar-refractivity contribution >= 4 is 6.21 Å². The summed E-state index contributed by atoms with van der Waals surface area (Å²) in [5.74, 6) is 0. The van der Waals surface area contributed by atoms with Gasteiger partial charge >= 0.3 is 0 Å². The Morgan fingerprint density at radius 1 is 0.260 bits per heavy atom. The summed E-state index contributed by atoms with van der Waals surface area (Å²) in [6.07, 6.45) is 56.1. The molecule has 0 N–H and O–H groups in total. The van der Waals surface area contributed by atoms with Gasteiger partial charge in [0.15, 0.2) is 0 Å². The molecular formula is C75H157NO. The lowest BCUT2D eigenvalue weighted by molar-refractivity contribution is 0.0123. The topological polar surface area (TPSA) is 21.6 Å². The second-order valence-corrected chi connectivity index (χ2v) is 26.2. The van der Waals surface area contributed by atoms with Crippen LogP contribution < -0.4 is 0 Å². The van der Waals surface area contributed by atoms with Crippen molar-refractivity contribution in [2.24, 2.45) is 43.1 Å². The SMILES string of the molecule is CC.CC.CC.CC.CC.CC.CC.CC.CC1(C)C=CCC1.CC1(C)C=CCCC1.CC1(C)CC=CC1.CC1(C)CC=CCC1.CC1(C)CC=NO1.CC1(C)CCCC1.CC1(C)CCCCC1.CC1(C)CCCCCC1. The molecule has 0 unspecified atom stereocenters. The van der Waals surface area contributed by atoms with Crippen molar-refractivity contribution in [3.63, 3.8) is 0 Å². The molecule has 0 amide bonds. The van der Waals surface area contributed by atoms with Crippen LogP contribution in [0.1, 0.15) is 389 Å². The maximum absolute atomic E-state index is 4.91. The summed E-state index contributed by atoms with van der Waals surface area (Å²) in [5, 5.41) is 3.61. The van der Waals surface area contributed by atoms with E-state index in [9.17, 15) is 0 Å². The second-order valence-electron chi connectivity index (χ2n) is 26.2. The number of allylic oxidation sites excluding steroid dienone is 8. The average molecular weight is 1090 g/mol. The fraction of sp³-hybridized carbons (Fsp3) is 0.880. The van der Waals surface area contributed by atoms with Gasteiger partial charge < -0.3 is 4.84 Å². The fourth-order valence-corrected chi connectivity index (χ4v) is 9.09. The molecule has 0 radical (unpaired) electrons. The quantitative estimate of drug-likeness (QED) is 0.175. The van der Waals surface area contributed by atoms with Gasteiger partial charge in [-0.3, -0.25) is 0 Å². The molecule has 2 nitrogen and oxygen atoms in total. The Hall–Kier alpha value is -1.57. The van der Waals surface area contributed by atoms with Crippen molar-refractivity contribution in [3.05, 3.63) is 48.6 Å². The van der Waals surface area contributed by atoms with Crippen LogP contribution in [-0.4, -0.2) is 11.8 Å². The van der Waals surface area contributed by atoms with Crippen LogP contribution in [0.4, 0.5) is 0 Å². The summed E-state index contributed by atoms with van der Waals surface area (Å²) in [6, 6.07) is 0. The molecule has 1 heterocycles. The number of nitrogens with zero attached hydrogens (tertiary/aromatic N) is 1. The van der Waals surface area contributed by atoms with E-state index < -0.39 is 0 Å². The molecule has 7 aliphatic carbocycles. The van der Waals surface area contributed by atoms with Gasteiger partial charge in [-0.05, 0) is 154 Å². The predicted molar refractivity (Wildman–Crippen MR) is 368 cm³/mol. The molecule has 1 aliphatic heterocycles. The molecular weight excluding hydrogens is 931 g/mol. The van der Waals surface area contributed by atoms with Crippen LogP contribution in [0, 0.1) is 37.9 Å². The third kappa shape index (κ3) is 68.6. The van der Waals surface area contributed by atoms with E-state index in [4.69, 9.17) is 4.84 Å². The van der Waals surface area contributed by atoms with Crippen molar-refractivity contribution in [1.29, 1.82) is 0 Å². The fourth-order valence-electron chi connectivity index (χ4n) is 9.09.